The topological polar surface area (TPSA) is 67.2 Å². The Balaban J connectivity index is 1.90. The number of alkyl halides is 6. The van der Waals surface area contributed by atoms with Crippen LogP contribution in [0.1, 0.15) is 27.2 Å². The number of nitrogens with one attached hydrogen (secondary N) is 1. The van der Waals surface area contributed by atoms with Crippen LogP contribution in [0.25, 0.3) is 5.69 Å². The molecule has 34 heavy (non-hydrogen) atoms. The molecule has 0 unspecified atom stereocenters. The van der Waals surface area contributed by atoms with E-state index in [4.69, 9.17) is 0 Å². The van der Waals surface area contributed by atoms with Gasteiger partial charge in [-0.15, -0.1) is 0 Å². The number of aromatic nitrogens is 2. The summed E-state index contributed by atoms with van der Waals surface area (Å²) in [6.45, 7) is 0. The molecule has 0 saturated heterocycles. The van der Waals surface area contributed by atoms with Crippen LogP contribution in [-0.4, -0.2) is 40.6 Å². The molecule has 180 valence electrons. The van der Waals surface area contributed by atoms with E-state index in [0.29, 0.717) is 23.9 Å². The summed E-state index contributed by atoms with van der Waals surface area (Å²) in [4.78, 5) is 25.8. The number of rotatable bonds is 5. The maximum Gasteiger partial charge on any atom is 0.434 e. The Bertz CT molecular complexity index is 1200. The average Bonchev–Trinajstić information content (AvgIpc) is 3.20. The van der Waals surface area contributed by atoms with Gasteiger partial charge in [-0.25, -0.2) is 4.68 Å². The first-order chi connectivity index (χ1) is 15.8. The Morgan fingerprint density at radius 2 is 1.62 bits per heavy atom. The monoisotopic (exact) mass is 484 g/mol. The Hall–Kier alpha value is -3.83. The zero-order chi connectivity index (χ0) is 25.3. The van der Waals surface area contributed by atoms with Crippen LogP contribution in [0.3, 0.4) is 0 Å². The van der Waals surface area contributed by atoms with Crippen molar-refractivity contribution in [1.29, 1.82) is 0 Å². The lowest BCUT2D eigenvalue weighted by Gasteiger charge is -2.14. The van der Waals surface area contributed by atoms with Crippen LogP contribution in [0.2, 0.25) is 0 Å². The Morgan fingerprint density at radius 3 is 2.18 bits per heavy atom. The van der Waals surface area contributed by atoms with Gasteiger partial charge >= 0.3 is 12.4 Å². The fourth-order valence-electron chi connectivity index (χ4n) is 3.03. The van der Waals surface area contributed by atoms with Gasteiger partial charge in [0.1, 0.15) is 0 Å². The lowest BCUT2D eigenvalue weighted by molar-refractivity contribution is -0.143. The molecule has 0 spiro atoms. The Kier molecular flexibility index (Phi) is 6.71. The van der Waals surface area contributed by atoms with E-state index >= 15 is 0 Å². The van der Waals surface area contributed by atoms with Crippen molar-refractivity contribution in [2.24, 2.45) is 0 Å². The molecule has 0 saturated carbocycles. The van der Waals surface area contributed by atoms with E-state index in [0.717, 1.165) is 12.1 Å². The minimum absolute atomic E-state index is 0.100. The van der Waals surface area contributed by atoms with Gasteiger partial charge in [-0.2, -0.15) is 31.4 Å². The summed E-state index contributed by atoms with van der Waals surface area (Å²) >= 11 is 0. The van der Waals surface area contributed by atoms with Gasteiger partial charge in [0, 0.05) is 19.8 Å². The molecule has 6 nitrogen and oxygen atoms in total. The van der Waals surface area contributed by atoms with Crippen molar-refractivity contribution in [2.45, 2.75) is 18.8 Å². The molecule has 3 rings (SSSR count). The fourth-order valence-corrected chi connectivity index (χ4v) is 3.03. The predicted octanol–water partition coefficient (Wildman–Crippen LogP) is 4.79. The normalized spacial score (nSPS) is 11.9. The molecule has 2 amide bonds. The molecule has 0 atom stereocenters. The van der Waals surface area contributed by atoms with Crippen LogP contribution in [0.4, 0.5) is 32.0 Å². The van der Waals surface area contributed by atoms with E-state index < -0.39 is 40.8 Å². The number of carbonyl (C=O) groups excluding carboxylic acids is 2. The lowest BCUT2D eigenvalue weighted by Crippen LogP contribution is -2.23. The first-order valence-corrected chi connectivity index (χ1v) is 9.70. The van der Waals surface area contributed by atoms with E-state index in [1.54, 1.807) is 14.1 Å². The molecular weight excluding hydrogens is 466 g/mol. The molecule has 2 aromatic carbocycles. The molecular formula is C22H18F6N4O2. The number of hydrogen-bond acceptors (Lipinski definition) is 3. The second-order valence-electron chi connectivity index (χ2n) is 7.48. The Morgan fingerprint density at radius 1 is 0.971 bits per heavy atom. The SMILES string of the molecule is CN(C)C(=O)Cc1ccc(NC(=O)c2cnn(-c3cccc(C(F)(F)F)c3)c2C(F)(F)F)cc1. The first kappa shape index (κ1) is 24.8. The number of nitrogens with zero attached hydrogens (tertiary/aromatic N) is 3. The minimum atomic E-state index is -5.09. The average molecular weight is 484 g/mol. The summed E-state index contributed by atoms with van der Waals surface area (Å²) in [7, 11) is 3.18. The summed E-state index contributed by atoms with van der Waals surface area (Å²) < 4.78 is 80.6. The van der Waals surface area contributed by atoms with Gasteiger partial charge in [-0.05, 0) is 35.9 Å². The highest BCUT2D eigenvalue weighted by atomic mass is 19.4. The van der Waals surface area contributed by atoms with E-state index in [9.17, 15) is 35.9 Å². The standard InChI is InChI=1S/C22H18F6N4O2/c1-31(2)18(33)10-13-6-8-15(9-7-13)30-20(34)17-12-29-32(19(17)22(26,27)28)16-5-3-4-14(11-16)21(23,24)25/h3-9,11-12H,10H2,1-2H3,(H,30,34). The number of benzene rings is 2. The molecule has 1 heterocycles. The third-order valence-corrected chi connectivity index (χ3v) is 4.77. The van der Waals surface area contributed by atoms with Crippen LogP contribution in [-0.2, 0) is 23.6 Å². The highest BCUT2D eigenvalue weighted by molar-refractivity contribution is 6.05. The van der Waals surface area contributed by atoms with E-state index in [-0.39, 0.29) is 22.7 Å². The second kappa shape index (κ2) is 9.20. The first-order valence-electron chi connectivity index (χ1n) is 9.70. The maximum atomic E-state index is 13.8. The van der Waals surface area contributed by atoms with E-state index in [1.165, 1.54) is 29.2 Å². The van der Waals surface area contributed by atoms with Crippen LogP contribution in [0.5, 0.6) is 0 Å². The molecule has 0 radical (unpaired) electrons. The van der Waals surface area contributed by atoms with Gasteiger partial charge < -0.3 is 10.2 Å². The fraction of sp³-hybridized carbons (Fsp3) is 0.227. The van der Waals surface area contributed by atoms with Crippen LogP contribution in [0, 0.1) is 0 Å². The molecule has 0 aliphatic heterocycles. The summed E-state index contributed by atoms with van der Waals surface area (Å²) in [5, 5.41) is 5.84. The highest BCUT2D eigenvalue weighted by Crippen LogP contribution is 2.35. The summed E-state index contributed by atoms with van der Waals surface area (Å²) in [5.74, 6) is -1.31. The van der Waals surface area contributed by atoms with Crippen molar-refractivity contribution in [3.8, 4) is 5.69 Å². The number of carbonyl (C=O) groups is 2. The maximum absolute atomic E-state index is 13.8. The van der Waals surface area contributed by atoms with Crippen molar-refractivity contribution in [3.05, 3.63) is 77.1 Å². The molecule has 0 bridgehead atoms. The molecule has 1 N–H and O–H groups in total. The highest BCUT2D eigenvalue weighted by Gasteiger charge is 2.41. The summed E-state index contributed by atoms with van der Waals surface area (Å²) in [6, 6.07) is 9.10. The van der Waals surface area contributed by atoms with Crippen molar-refractivity contribution < 1.29 is 35.9 Å². The Labute approximate surface area is 189 Å². The number of likely N-dealkylation sites (N-methyl/N-ethyl adjacent to an activating group) is 1. The summed E-state index contributed by atoms with van der Waals surface area (Å²) in [5.41, 5.74) is -3.26. The minimum Gasteiger partial charge on any atom is -0.349 e. The van der Waals surface area contributed by atoms with Crippen LogP contribution < -0.4 is 5.32 Å². The molecule has 0 aliphatic rings. The van der Waals surface area contributed by atoms with Crippen molar-refractivity contribution in [1.82, 2.24) is 14.7 Å². The van der Waals surface area contributed by atoms with Gasteiger partial charge in [-0.3, -0.25) is 9.59 Å². The van der Waals surface area contributed by atoms with Gasteiger partial charge in [-0.1, -0.05) is 18.2 Å². The van der Waals surface area contributed by atoms with Crippen molar-refractivity contribution >= 4 is 17.5 Å². The zero-order valence-corrected chi connectivity index (χ0v) is 17.8. The number of amides is 2. The quantitative estimate of drug-likeness (QED) is 0.530. The third kappa shape index (κ3) is 5.56. The van der Waals surface area contributed by atoms with Gasteiger partial charge in [0.15, 0.2) is 5.69 Å². The van der Waals surface area contributed by atoms with Crippen molar-refractivity contribution in [3.63, 3.8) is 0 Å². The van der Waals surface area contributed by atoms with Crippen LogP contribution in [0.15, 0.2) is 54.7 Å². The number of anilines is 1. The van der Waals surface area contributed by atoms with Gasteiger partial charge in [0.2, 0.25) is 5.91 Å². The summed E-state index contributed by atoms with van der Waals surface area (Å²) in [6.07, 6.45) is -9.12. The number of hydrogen-bond donors (Lipinski definition) is 1. The molecule has 0 fully saturated rings. The van der Waals surface area contributed by atoms with Crippen molar-refractivity contribution in [2.75, 3.05) is 19.4 Å². The predicted molar refractivity (Wildman–Crippen MR) is 110 cm³/mol. The molecule has 12 heteroatoms. The van der Waals surface area contributed by atoms with Gasteiger partial charge in [0.05, 0.1) is 29.4 Å². The molecule has 3 aromatic rings. The zero-order valence-electron chi connectivity index (χ0n) is 17.8. The third-order valence-electron chi connectivity index (χ3n) is 4.77. The largest absolute Gasteiger partial charge is 0.434 e. The second-order valence-corrected chi connectivity index (χ2v) is 7.48. The molecule has 1 aromatic heterocycles. The lowest BCUT2D eigenvalue weighted by atomic mass is 10.1. The van der Waals surface area contributed by atoms with Gasteiger partial charge in [0.25, 0.3) is 5.91 Å². The van der Waals surface area contributed by atoms with Crippen LogP contribution >= 0.6 is 0 Å². The number of halogens is 6. The smallest absolute Gasteiger partial charge is 0.349 e. The van der Waals surface area contributed by atoms with E-state index in [1.807, 2.05) is 0 Å². The van der Waals surface area contributed by atoms with E-state index in [2.05, 4.69) is 10.4 Å². The molecule has 0 aliphatic carbocycles.